The first-order valence-corrected chi connectivity index (χ1v) is 7.93. The minimum Gasteiger partial charge on any atom is -0.445 e. The fraction of sp³-hybridized carbons (Fsp3) is 0.750. The molecule has 1 aliphatic rings. The van der Waals surface area contributed by atoms with Crippen LogP contribution < -0.4 is 5.32 Å². The maximum atomic E-state index is 12.0. The molecule has 5 nitrogen and oxygen atoms in total. The number of nitrogens with zero attached hydrogens (tertiary/aromatic N) is 2. The number of amides is 1. The lowest BCUT2D eigenvalue weighted by Crippen LogP contribution is -2.39. The van der Waals surface area contributed by atoms with Crippen molar-refractivity contribution < 1.29 is 9.21 Å². The second-order valence-corrected chi connectivity index (χ2v) is 6.26. The first kappa shape index (κ1) is 16.0. The summed E-state index contributed by atoms with van der Waals surface area (Å²) in [4.78, 5) is 18.7. The van der Waals surface area contributed by atoms with Gasteiger partial charge in [0, 0.05) is 19.5 Å². The Morgan fingerprint density at radius 1 is 1.38 bits per heavy atom. The van der Waals surface area contributed by atoms with Crippen LogP contribution in [0.3, 0.4) is 0 Å². The van der Waals surface area contributed by atoms with Crippen LogP contribution in [0.25, 0.3) is 0 Å². The monoisotopic (exact) mass is 293 g/mol. The topological polar surface area (TPSA) is 58.4 Å². The lowest BCUT2D eigenvalue weighted by Gasteiger charge is -2.34. The van der Waals surface area contributed by atoms with Gasteiger partial charge in [-0.3, -0.25) is 4.79 Å². The van der Waals surface area contributed by atoms with Crippen LogP contribution in [0.2, 0.25) is 0 Å². The number of nitrogens with one attached hydrogen (secondary N) is 1. The first-order chi connectivity index (χ1) is 9.97. The third-order valence-electron chi connectivity index (χ3n) is 4.34. The first-order valence-electron chi connectivity index (χ1n) is 7.93. The maximum absolute atomic E-state index is 12.0. The van der Waals surface area contributed by atoms with Gasteiger partial charge in [-0.25, -0.2) is 4.98 Å². The lowest BCUT2D eigenvalue weighted by atomic mass is 9.93. The van der Waals surface area contributed by atoms with Gasteiger partial charge in [0.05, 0.1) is 0 Å². The van der Waals surface area contributed by atoms with Gasteiger partial charge in [0.25, 0.3) is 5.91 Å². The molecule has 1 amide bonds. The van der Waals surface area contributed by atoms with E-state index in [1.54, 1.807) is 13.8 Å². The van der Waals surface area contributed by atoms with E-state index in [9.17, 15) is 4.79 Å². The Hall–Kier alpha value is -1.36. The minimum absolute atomic E-state index is 0.121. The molecule has 0 aromatic carbocycles. The number of piperidine rings is 1. The molecule has 1 fully saturated rings. The molecule has 0 saturated carbocycles. The number of aryl methyl sites for hydroxylation is 2. The number of hydrogen-bond donors (Lipinski definition) is 1. The summed E-state index contributed by atoms with van der Waals surface area (Å²) in [5.41, 5.74) is 0.419. The lowest BCUT2D eigenvalue weighted by molar-refractivity contribution is 0.0940. The van der Waals surface area contributed by atoms with Crippen molar-refractivity contribution >= 4 is 5.91 Å². The van der Waals surface area contributed by atoms with Crippen molar-refractivity contribution in [2.75, 3.05) is 19.6 Å². The third kappa shape index (κ3) is 4.30. The second kappa shape index (κ2) is 7.07. The molecule has 118 valence electrons. The molecule has 0 aliphatic carbocycles. The highest BCUT2D eigenvalue weighted by atomic mass is 16.4. The Balaban J connectivity index is 1.70. The Kier molecular flexibility index (Phi) is 5.39. The average molecular weight is 293 g/mol. The molecule has 0 spiro atoms. The summed E-state index contributed by atoms with van der Waals surface area (Å²) in [7, 11) is 0. The molecule has 5 heteroatoms. The average Bonchev–Trinajstić information content (AvgIpc) is 2.78. The van der Waals surface area contributed by atoms with Crippen molar-refractivity contribution in [2.24, 2.45) is 5.92 Å². The van der Waals surface area contributed by atoms with E-state index < -0.39 is 0 Å². The predicted molar refractivity (Wildman–Crippen MR) is 82.4 cm³/mol. The highest BCUT2D eigenvalue weighted by molar-refractivity contribution is 5.93. The van der Waals surface area contributed by atoms with Crippen molar-refractivity contribution in [2.45, 2.75) is 53.0 Å². The summed E-state index contributed by atoms with van der Waals surface area (Å²) in [5, 5.41) is 2.96. The van der Waals surface area contributed by atoms with Gasteiger partial charge < -0.3 is 14.6 Å². The molecule has 0 radical (unpaired) electrons. The van der Waals surface area contributed by atoms with Crippen LogP contribution in [-0.4, -0.2) is 41.5 Å². The van der Waals surface area contributed by atoms with Crippen molar-refractivity contribution in [3.05, 3.63) is 17.3 Å². The van der Waals surface area contributed by atoms with Crippen LogP contribution in [0.4, 0.5) is 0 Å². The highest BCUT2D eigenvalue weighted by Gasteiger charge is 2.21. The maximum Gasteiger partial charge on any atom is 0.273 e. The van der Waals surface area contributed by atoms with Gasteiger partial charge in [0.1, 0.15) is 5.76 Å². The quantitative estimate of drug-likeness (QED) is 0.906. The zero-order chi connectivity index (χ0) is 15.4. The molecule has 0 unspecified atom stereocenters. The van der Waals surface area contributed by atoms with E-state index in [1.165, 1.54) is 25.9 Å². The highest BCUT2D eigenvalue weighted by Crippen LogP contribution is 2.21. The summed E-state index contributed by atoms with van der Waals surface area (Å²) in [5.74, 6) is 1.73. The smallest absolute Gasteiger partial charge is 0.273 e. The van der Waals surface area contributed by atoms with Crippen molar-refractivity contribution in [3.8, 4) is 0 Å². The molecule has 1 aromatic rings. The predicted octanol–water partition coefficient (Wildman–Crippen LogP) is 2.53. The van der Waals surface area contributed by atoms with Crippen LogP contribution >= 0.6 is 0 Å². The van der Waals surface area contributed by atoms with Crippen LogP contribution in [0.1, 0.15) is 55.2 Å². The Morgan fingerprint density at radius 2 is 2.05 bits per heavy atom. The zero-order valence-corrected chi connectivity index (χ0v) is 13.6. The number of oxazole rings is 1. The van der Waals surface area contributed by atoms with E-state index in [0.717, 1.165) is 18.9 Å². The van der Waals surface area contributed by atoms with Crippen molar-refractivity contribution in [3.63, 3.8) is 0 Å². The third-order valence-corrected chi connectivity index (χ3v) is 4.34. The zero-order valence-electron chi connectivity index (χ0n) is 13.6. The number of rotatable bonds is 5. The van der Waals surface area contributed by atoms with E-state index in [4.69, 9.17) is 4.42 Å². The van der Waals surface area contributed by atoms with Crippen LogP contribution in [0.15, 0.2) is 4.42 Å². The summed E-state index contributed by atoms with van der Waals surface area (Å²) in [6.45, 7) is 11.1. The van der Waals surface area contributed by atoms with E-state index in [-0.39, 0.29) is 5.91 Å². The molecule has 0 bridgehead atoms. The van der Waals surface area contributed by atoms with E-state index in [0.29, 0.717) is 23.4 Å². The van der Waals surface area contributed by atoms with E-state index in [2.05, 4.69) is 29.0 Å². The van der Waals surface area contributed by atoms with E-state index in [1.807, 2.05) is 0 Å². The molecule has 0 atom stereocenters. The van der Waals surface area contributed by atoms with Crippen LogP contribution in [0.5, 0.6) is 0 Å². The summed E-state index contributed by atoms with van der Waals surface area (Å²) < 4.78 is 5.29. The molecule has 1 aliphatic heterocycles. The molecule has 1 aromatic heterocycles. The molecule has 1 N–H and O–H groups in total. The number of carbonyl (C=O) groups is 1. The number of likely N-dealkylation sites (tertiary alicyclic amines) is 1. The second-order valence-electron chi connectivity index (χ2n) is 6.26. The molecular formula is C16H27N3O2. The van der Waals surface area contributed by atoms with Crippen LogP contribution in [0, 0.1) is 19.8 Å². The molecular weight excluding hydrogens is 266 g/mol. The molecule has 2 rings (SSSR count). The van der Waals surface area contributed by atoms with Gasteiger partial charge in [-0.1, -0.05) is 0 Å². The molecule has 1 saturated heterocycles. The standard InChI is InChI=1S/C16H27N3O2/c1-11(2)19-9-6-14(7-10-19)5-8-17-16(20)15-12(3)21-13(4)18-15/h11,14H,5-10H2,1-4H3,(H,17,20). The van der Waals surface area contributed by atoms with Gasteiger partial charge >= 0.3 is 0 Å². The number of carbonyl (C=O) groups excluding carboxylic acids is 1. The Labute approximate surface area is 127 Å². The van der Waals surface area contributed by atoms with E-state index >= 15 is 0 Å². The van der Waals surface area contributed by atoms with Crippen LogP contribution in [-0.2, 0) is 0 Å². The Bertz CT molecular complexity index is 474. The van der Waals surface area contributed by atoms with Gasteiger partial charge in [-0.15, -0.1) is 0 Å². The van der Waals surface area contributed by atoms with Crippen molar-refractivity contribution in [1.29, 1.82) is 0 Å². The SMILES string of the molecule is Cc1nc(C(=O)NCCC2CCN(C(C)C)CC2)c(C)o1. The number of hydrogen-bond acceptors (Lipinski definition) is 4. The molecule has 21 heavy (non-hydrogen) atoms. The normalized spacial score (nSPS) is 17.4. The summed E-state index contributed by atoms with van der Waals surface area (Å²) in [6, 6.07) is 0.643. The van der Waals surface area contributed by atoms with Gasteiger partial charge in [0.2, 0.25) is 0 Å². The fourth-order valence-electron chi connectivity index (χ4n) is 2.97. The Morgan fingerprint density at radius 3 is 2.57 bits per heavy atom. The van der Waals surface area contributed by atoms with Gasteiger partial charge in [-0.05, 0) is 59.0 Å². The van der Waals surface area contributed by atoms with Gasteiger partial charge in [0.15, 0.2) is 11.6 Å². The van der Waals surface area contributed by atoms with Crippen molar-refractivity contribution in [1.82, 2.24) is 15.2 Å². The summed E-state index contributed by atoms with van der Waals surface area (Å²) >= 11 is 0. The van der Waals surface area contributed by atoms with Gasteiger partial charge in [-0.2, -0.15) is 0 Å². The minimum atomic E-state index is -0.121. The summed E-state index contributed by atoms with van der Waals surface area (Å²) in [6.07, 6.45) is 3.51. The molecule has 2 heterocycles. The fourth-order valence-corrected chi connectivity index (χ4v) is 2.97. The number of aromatic nitrogens is 1. The largest absolute Gasteiger partial charge is 0.445 e.